The molecule has 0 rings (SSSR count). The van der Waals surface area contributed by atoms with Crippen LogP contribution in [0.1, 0.15) is 58.3 Å². The molecule has 0 unspecified atom stereocenters. The summed E-state index contributed by atoms with van der Waals surface area (Å²) in [6.07, 6.45) is 9.96. The van der Waals surface area contributed by atoms with Crippen molar-refractivity contribution in [1.82, 2.24) is 0 Å². The van der Waals surface area contributed by atoms with E-state index in [1.807, 2.05) is 0 Å². The molecule has 13 heavy (non-hydrogen) atoms. The average Bonchev–Trinajstić information content (AvgIpc) is 2.16. The molecular formula is C10H21O3+. The fourth-order valence-corrected chi connectivity index (χ4v) is 1.33. The molecule has 0 spiro atoms. The molecule has 0 aliphatic heterocycles. The predicted molar refractivity (Wildman–Crippen MR) is 55.3 cm³/mol. The van der Waals surface area contributed by atoms with Gasteiger partial charge in [0.1, 0.15) is 0 Å². The molecule has 0 saturated carbocycles. The average molecular weight is 189 g/mol. The van der Waals surface area contributed by atoms with Gasteiger partial charge in [0.2, 0.25) is 0 Å². The summed E-state index contributed by atoms with van der Waals surface area (Å²) in [7, 11) is 0. The number of unbranched alkanes of at least 4 members (excludes halogenated alkanes) is 7. The standard InChI is InChI=1S/C10H21O3/c1-2-3-4-5-6-7-8-9-10-12-13-11/h2-10H2,1H3/q+1. The van der Waals surface area contributed by atoms with E-state index in [9.17, 15) is 4.96 Å². The second-order valence-electron chi connectivity index (χ2n) is 3.36. The highest BCUT2D eigenvalue weighted by Crippen LogP contribution is 2.08. The van der Waals surface area contributed by atoms with Crippen LogP contribution in [0.4, 0.5) is 0 Å². The van der Waals surface area contributed by atoms with E-state index in [2.05, 4.69) is 16.6 Å². The molecular weight excluding hydrogens is 168 g/mol. The molecule has 0 saturated heterocycles. The lowest BCUT2D eigenvalue weighted by Crippen LogP contribution is -1.88. The zero-order chi connectivity index (χ0) is 9.78. The van der Waals surface area contributed by atoms with Crippen molar-refractivity contribution < 1.29 is 4.89 Å². The molecule has 0 N–H and O–H groups in total. The van der Waals surface area contributed by atoms with Crippen LogP contribution in [0.3, 0.4) is 0 Å². The molecule has 78 valence electrons. The van der Waals surface area contributed by atoms with Crippen molar-refractivity contribution in [3.63, 3.8) is 0 Å². The maximum Gasteiger partial charge on any atom is 0.377 e. The van der Waals surface area contributed by atoms with Crippen LogP contribution < -0.4 is 0 Å². The van der Waals surface area contributed by atoms with Gasteiger partial charge >= 0.3 is 4.75 Å². The first-order valence-electron chi connectivity index (χ1n) is 5.33. The molecule has 0 radical (unpaired) electrons. The summed E-state index contributed by atoms with van der Waals surface area (Å²) >= 11 is 0. The summed E-state index contributed by atoms with van der Waals surface area (Å²) in [5.41, 5.74) is 0. The van der Waals surface area contributed by atoms with Gasteiger partial charge in [-0.25, -0.2) is 0 Å². The highest BCUT2D eigenvalue weighted by atomic mass is 17.3. The van der Waals surface area contributed by atoms with Crippen LogP contribution in [-0.2, 0) is 4.89 Å². The van der Waals surface area contributed by atoms with E-state index in [0.717, 1.165) is 12.8 Å². The summed E-state index contributed by atoms with van der Waals surface area (Å²) in [6, 6.07) is 0. The first kappa shape index (κ1) is 12.4. The Labute approximate surface area is 80.3 Å². The number of rotatable bonds is 10. The van der Waals surface area contributed by atoms with E-state index in [1.54, 1.807) is 0 Å². The molecule has 3 heteroatoms. The fourth-order valence-electron chi connectivity index (χ4n) is 1.33. The van der Waals surface area contributed by atoms with Crippen molar-refractivity contribution in [1.29, 1.82) is 0 Å². The summed E-state index contributed by atoms with van der Waals surface area (Å²) in [6.45, 7) is 2.65. The fraction of sp³-hybridized carbons (Fsp3) is 1.00. The normalized spacial score (nSPS) is 9.92. The molecule has 0 aliphatic rings. The van der Waals surface area contributed by atoms with Gasteiger partial charge in [-0.2, -0.15) is 0 Å². The lowest BCUT2D eigenvalue weighted by atomic mass is 10.1. The monoisotopic (exact) mass is 189 g/mol. The molecule has 0 aromatic carbocycles. The van der Waals surface area contributed by atoms with Gasteiger partial charge in [0.25, 0.3) is 4.96 Å². The first-order chi connectivity index (χ1) is 6.41. The van der Waals surface area contributed by atoms with E-state index in [0.29, 0.717) is 6.61 Å². The smallest absolute Gasteiger partial charge is 0.0736 e. The van der Waals surface area contributed by atoms with Crippen molar-refractivity contribution in [2.45, 2.75) is 58.3 Å². The maximum atomic E-state index is 9.41. The van der Waals surface area contributed by atoms with Gasteiger partial charge < -0.3 is 0 Å². The molecule has 0 fully saturated rings. The van der Waals surface area contributed by atoms with Crippen LogP contribution in [0.2, 0.25) is 0 Å². The Hall–Kier alpha value is -0.600. The Morgan fingerprint density at radius 2 is 1.46 bits per heavy atom. The molecule has 3 nitrogen and oxygen atoms in total. The van der Waals surface area contributed by atoms with Crippen molar-refractivity contribution in [3.05, 3.63) is 9.71 Å². The Bertz CT molecular complexity index is 104. The zero-order valence-electron chi connectivity index (χ0n) is 8.59. The summed E-state index contributed by atoms with van der Waals surface area (Å²) in [4.78, 5) is 13.6. The van der Waals surface area contributed by atoms with Crippen LogP contribution in [0.15, 0.2) is 0 Å². The third-order valence-electron chi connectivity index (χ3n) is 2.13. The largest absolute Gasteiger partial charge is 0.377 e. The van der Waals surface area contributed by atoms with Crippen molar-refractivity contribution in [2.24, 2.45) is 0 Å². The van der Waals surface area contributed by atoms with Crippen molar-refractivity contribution in [3.8, 4) is 0 Å². The van der Waals surface area contributed by atoms with Crippen molar-refractivity contribution >= 4 is 0 Å². The lowest BCUT2D eigenvalue weighted by molar-refractivity contribution is 0.231. The van der Waals surface area contributed by atoms with Gasteiger partial charge in [0.05, 0.1) is 0 Å². The van der Waals surface area contributed by atoms with Gasteiger partial charge in [0, 0.05) is 0 Å². The van der Waals surface area contributed by atoms with Gasteiger partial charge in [-0.05, 0) is 12.8 Å². The van der Waals surface area contributed by atoms with Crippen LogP contribution in [0.25, 0.3) is 0 Å². The number of hydrogen-bond donors (Lipinski definition) is 0. The van der Waals surface area contributed by atoms with Gasteiger partial charge in [0.15, 0.2) is 6.61 Å². The minimum Gasteiger partial charge on any atom is -0.0736 e. The topological polar surface area (TPSA) is 37.6 Å². The highest BCUT2D eigenvalue weighted by Gasteiger charge is 1.95. The Morgan fingerprint density at radius 3 is 2.00 bits per heavy atom. The minimum absolute atomic E-state index is 0.429. The third kappa shape index (κ3) is 11.4. The predicted octanol–water partition coefficient (Wildman–Crippen LogP) is 3.68. The second-order valence-corrected chi connectivity index (χ2v) is 3.36. The van der Waals surface area contributed by atoms with E-state index < -0.39 is 0 Å². The molecule has 0 aliphatic carbocycles. The van der Waals surface area contributed by atoms with Gasteiger partial charge in [-0.15, -0.1) is 0 Å². The Balaban J connectivity index is 2.79. The number of hydrogen-bond acceptors (Lipinski definition) is 2. The van der Waals surface area contributed by atoms with E-state index in [4.69, 9.17) is 0 Å². The van der Waals surface area contributed by atoms with E-state index in [1.165, 1.54) is 38.5 Å². The highest BCUT2D eigenvalue weighted by molar-refractivity contribution is 4.46. The van der Waals surface area contributed by atoms with E-state index >= 15 is 0 Å². The summed E-state index contributed by atoms with van der Waals surface area (Å²) < 4.78 is 3.25. The third-order valence-corrected chi connectivity index (χ3v) is 2.13. The molecule has 0 heterocycles. The van der Waals surface area contributed by atoms with Gasteiger partial charge in [-0.3, -0.25) is 0 Å². The molecule has 0 amide bonds. The summed E-state index contributed by atoms with van der Waals surface area (Å²) in [5, 5.41) is 0. The molecule has 0 atom stereocenters. The van der Waals surface area contributed by atoms with E-state index in [-0.39, 0.29) is 0 Å². The van der Waals surface area contributed by atoms with Gasteiger partial charge in [-0.1, -0.05) is 50.3 Å². The van der Waals surface area contributed by atoms with Crippen LogP contribution in [-0.4, -0.2) is 6.61 Å². The second kappa shape index (κ2) is 11.4. The molecule has 0 bridgehead atoms. The minimum atomic E-state index is 0.429. The maximum absolute atomic E-state index is 9.41. The van der Waals surface area contributed by atoms with Crippen LogP contribution in [0.5, 0.6) is 0 Å². The Morgan fingerprint density at radius 1 is 0.923 bits per heavy atom. The molecule has 0 aromatic rings. The SMILES string of the molecule is CCCCCCCCCCO[O+]=O. The zero-order valence-corrected chi connectivity index (χ0v) is 8.59. The Kier molecular flexibility index (Phi) is 10.9. The van der Waals surface area contributed by atoms with Crippen LogP contribution in [0, 0.1) is 9.71 Å². The quantitative estimate of drug-likeness (QED) is 0.227. The molecule has 0 aromatic heterocycles. The summed E-state index contributed by atoms with van der Waals surface area (Å²) in [5.74, 6) is 0. The van der Waals surface area contributed by atoms with Crippen molar-refractivity contribution in [2.75, 3.05) is 6.61 Å². The first-order valence-corrected chi connectivity index (χ1v) is 5.33. The van der Waals surface area contributed by atoms with Crippen LogP contribution >= 0.6 is 0 Å². The lowest BCUT2D eigenvalue weighted by Gasteiger charge is -1.98.